The highest BCUT2D eigenvalue weighted by molar-refractivity contribution is 5.84. The fourth-order valence-electron chi connectivity index (χ4n) is 3.64. The predicted octanol–water partition coefficient (Wildman–Crippen LogP) is 3.93. The number of halogens is 1. The van der Waals surface area contributed by atoms with Crippen molar-refractivity contribution in [2.45, 2.75) is 51.6 Å². The van der Waals surface area contributed by atoms with Crippen LogP contribution in [0.25, 0.3) is 0 Å². The van der Waals surface area contributed by atoms with Crippen LogP contribution >= 0.6 is 0 Å². The van der Waals surface area contributed by atoms with Gasteiger partial charge in [0.1, 0.15) is 36.5 Å². The zero-order chi connectivity index (χ0) is 17.9. The zero-order valence-corrected chi connectivity index (χ0v) is 14.8. The van der Waals surface area contributed by atoms with Crippen LogP contribution in [-0.4, -0.2) is 34.3 Å². The smallest absolute Gasteiger partial charge is 0.148 e. The minimum Gasteiger partial charge on any atom is -0.411 e. The van der Waals surface area contributed by atoms with Crippen molar-refractivity contribution in [3.8, 4) is 0 Å². The number of hydrogen-bond donors (Lipinski definition) is 2. The Balaban J connectivity index is 1.71. The molecule has 0 bridgehead atoms. The molecule has 2 N–H and O–H groups in total. The first-order valence-electron chi connectivity index (χ1n) is 8.94. The molecule has 0 aromatic heterocycles. The molecule has 1 aromatic rings. The summed E-state index contributed by atoms with van der Waals surface area (Å²) in [7, 11) is 0. The van der Waals surface area contributed by atoms with Gasteiger partial charge in [0, 0.05) is 11.6 Å². The van der Waals surface area contributed by atoms with Crippen LogP contribution in [-0.2, 0) is 0 Å². The SMILES string of the molecule is CC[N+]1(C(C)c2ccc(F)cc2)C=C(NC2CCC(=NO)CC2)C=N1. The molecule has 0 saturated heterocycles. The van der Waals surface area contributed by atoms with E-state index in [1.54, 1.807) is 0 Å². The third-order valence-electron chi connectivity index (χ3n) is 5.38. The number of nitrogens with one attached hydrogen (secondary N) is 1. The number of quaternary nitrogens is 1. The van der Waals surface area contributed by atoms with Crippen LogP contribution in [0.2, 0.25) is 0 Å². The van der Waals surface area contributed by atoms with Crippen molar-refractivity contribution in [3.63, 3.8) is 0 Å². The Kier molecular flexibility index (Phi) is 5.18. The summed E-state index contributed by atoms with van der Waals surface area (Å²) in [6.07, 6.45) is 7.65. The molecule has 2 aliphatic rings. The van der Waals surface area contributed by atoms with Gasteiger partial charge in [-0.1, -0.05) is 22.4 Å². The lowest BCUT2D eigenvalue weighted by molar-refractivity contribution is -0.911. The molecule has 0 radical (unpaired) electrons. The first-order chi connectivity index (χ1) is 12.1. The quantitative estimate of drug-likeness (QED) is 0.483. The lowest BCUT2D eigenvalue weighted by Gasteiger charge is -2.31. The van der Waals surface area contributed by atoms with Crippen LogP contribution in [0.4, 0.5) is 4.39 Å². The van der Waals surface area contributed by atoms with Crippen molar-refractivity contribution >= 4 is 11.9 Å². The molecular formula is C19H26FN4O+. The lowest BCUT2D eigenvalue weighted by atomic mass is 9.93. The minimum atomic E-state index is -0.218. The van der Waals surface area contributed by atoms with Gasteiger partial charge in [-0.05, 0) is 51.7 Å². The van der Waals surface area contributed by atoms with E-state index in [9.17, 15) is 4.39 Å². The summed E-state index contributed by atoms with van der Waals surface area (Å²) in [5.74, 6) is -0.218. The highest BCUT2D eigenvalue weighted by Crippen LogP contribution is 2.33. The molecular weight excluding hydrogens is 319 g/mol. The first-order valence-corrected chi connectivity index (χ1v) is 8.94. The van der Waals surface area contributed by atoms with Crippen LogP contribution < -0.4 is 5.32 Å². The molecule has 25 heavy (non-hydrogen) atoms. The van der Waals surface area contributed by atoms with E-state index < -0.39 is 0 Å². The molecule has 2 unspecified atom stereocenters. The maximum absolute atomic E-state index is 13.2. The van der Waals surface area contributed by atoms with Crippen molar-refractivity contribution in [1.82, 2.24) is 5.32 Å². The van der Waals surface area contributed by atoms with Gasteiger partial charge < -0.3 is 10.5 Å². The third-order valence-corrected chi connectivity index (χ3v) is 5.38. The second-order valence-electron chi connectivity index (χ2n) is 6.84. The molecule has 1 saturated carbocycles. The molecule has 1 aliphatic carbocycles. The second-order valence-corrected chi connectivity index (χ2v) is 6.84. The fraction of sp³-hybridized carbons (Fsp3) is 0.474. The van der Waals surface area contributed by atoms with E-state index in [1.165, 1.54) is 12.1 Å². The van der Waals surface area contributed by atoms with E-state index in [0.29, 0.717) is 10.6 Å². The number of allylic oxidation sites excluding steroid dienone is 1. The summed E-state index contributed by atoms with van der Waals surface area (Å²) in [6, 6.07) is 7.16. The van der Waals surface area contributed by atoms with Gasteiger partial charge in [-0.2, -0.15) is 4.59 Å². The number of oxime groups is 1. The van der Waals surface area contributed by atoms with Crippen molar-refractivity contribution in [2.24, 2.45) is 10.3 Å². The summed E-state index contributed by atoms with van der Waals surface area (Å²) < 4.78 is 13.7. The maximum Gasteiger partial charge on any atom is 0.148 e. The zero-order valence-electron chi connectivity index (χ0n) is 14.8. The van der Waals surface area contributed by atoms with Crippen molar-refractivity contribution in [3.05, 3.63) is 47.5 Å². The lowest BCUT2D eigenvalue weighted by Crippen LogP contribution is -2.38. The fourth-order valence-corrected chi connectivity index (χ4v) is 3.64. The predicted molar refractivity (Wildman–Crippen MR) is 96.8 cm³/mol. The molecule has 1 aromatic carbocycles. The van der Waals surface area contributed by atoms with Crippen molar-refractivity contribution in [1.29, 1.82) is 0 Å². The Morgan fingerprint density at radius 2 is 2.00 bits per heavy atom. The molecule has 1 fully saturated rings. The van der Waals surface area contributed by atoms with Crippen LogP contribution in [0.15, 0.2) is 46.4 Å². The van der Waals surface area contributed by atoms with Gasteiger partial charge >= 0.3 is 0 Å². The van der Waals surface area contributed by atoms with Crippen molar-refractivity contribution in [2.75, 3.05) is 6.54 Å². The van der Waals surface area contributed by atoms with Gasteiger partial charge in [0.05, 0.1) is 5.71 Å². The number of benzene rings is 1. The van der Waals surface area contributed by atoms with Crippen LogP contribution in [0.1, 0.15) is 51.1 Å². The van der Waals surface area contributed by atoms with Gasteiger partial charge in [0.25, 0.3) is 0 Å². The molecule has 3 rings (SSSR count). The Bertz CT molecular complexity index is 688. The topological polar surface area (TPSA) is 57.0 Å². The molecule has 2 atom stereocenters. The molecule has 134 valence electrons. The summed E-state index contributed by atoms with van der Waals surface area (Å²) in [4.78, 5) is 0. The van der Waals surface area contributed by atoms with Gasteiger partial charge in [-0.25, -0.2) is 4.39 Å². The summed E-state index contributed by atoms with van der Waals surface area (Å²) in [6.45, 7) is 5.06. The molecule has 5 nitrogen and oxygen atoms in total. The first kappa shape index (κ1) is 17.6. The van der Waals surface area contributed by atoms with Crippen LogP contribution in [0.5, 0.6) is 0 Å². The standard InChI is InChI=1S/C19H25FN4O/c1-3-24(14(2)15-4-6-16(20)7-5-15)13-19(12-21-24)22-17-8-10-18(23-25)11-9-17/h4-7,12-14,17,22H,3,8-11H2,1-2H3/p+1. The molecule has 0 spiro atoms. The molecule has 1 aliphatic heterocycles. The Morgan fingerprint density at radius 3 is 2.60 bits per heavy atom. The number of rotatable bonds is 5. The Labute approximate surface area is 148 Å². The van der Waals surface area contributed by atoms with E-state index >= 15 is 0 Å². The molecule has 6 heteroatoms. The van der Waals surface area contributed by atoms with E-state index in [-0.39, 0.29) is 11.9 Å². The van der Waals surface area contributed by atoms with Gasteiger partial charge in [-0.3, -0.25) is 0 Å². The summed E-state index contributed by atoms with van der Waals surface area (Å²) in [5.41, 5.74) is 2.99. The largest absolute Gasteiger partial charge is 0.411 e. The molecule has 0 amide bonds. The number of nitrogens with zero attached hydrogens (tertiary/aromatic N) is 3. The second kappa shape index (κ2) is 7.35. The van der Waals surface area contributed by atoms with E-state index in [2.05, 4.69) is 30.5 Å². The monoisotopic (exact) mass is 345 g/mol. The van der Waals surface area contributed by atoms with Gasteiger partial charge in [0.15, 0.2) is 0 Å². The van der Waals surface area contributed by atoms with E-state index in [4.69, 9.17) is 10.3 Å². The average molecular weight is 345 g/mol. The summed E-state index contributed by atoms with van der Waals surface area (Å²) in [5, 5.41) is 20.5. The van der Waals surface area contributed by atoms with Gasteiger partial charge in [-0.15, -0.1) is 0 Å². The van der Waals surface area contributed by atoms with Crippen LogP contribution in [0.3, 0.4) is 0 Å². The Morgan fingerprint density at radius 1 is 1.32 bits per heavy atom. The van der Waals surface area contributed by atoms with Gasteiger partial charge in [0.2, 0.25) is 0 Å². The number of hydrogen-bond acceptors (Lipinski definition) is 4. The van der Waals surface area contributed by atoms with E-state index in [1.807, 2.05) is 18.3 Å². The third kappa shape index (κ3) is 3.74. The minimum absolute atomic E-state index is 0.112. The highest BCUT2D eigenvalue weighted by atomic mass is 19.1. The highest BCUT2D eigenvalue weighted by Gasteiger charge is 2.36. The van der Waals surface area contributed by atoms with E-state index in [0.717, 1.165) is 49.2 Å². The maximum atomic E-state index is 13.2. The van der Waals surface area contributed by atoms with Crippen LogP contribution in [0, 0.1) is 5.82 Å². The average Bonchev–Trinajstić information content (AvgIpc) is 3.07. The summed E-state index contributed by atoms with van der Waals surface area (Å²) >= 11 is 0. The normalized spacial score (nSPS) is 27.1. The molecule has 1 heterocycles. The Hall–Kier alpha value is -2.21. The van der Waals surface area contributed by atoms with Crippen molar-refractivity contribution < 1.29 is 14.2 Å².